The lowest BCUT2D eigenvalue weighted by molar-refractivity contribution is -0.144. The maximum absolute atomic E-state index is 12.3. The Kier molecular flexibility index (Phi) is 20.8. The first kappa shape index (κ1) is 66.8. The minimum atomic E-state index is -0.272. The minimum absolute atomic E-state index is 0.231. The molecule has 100 heavy (non-hydrogen) atoms. The Balaban J connectivity index is 1.01. The number of esters is 4. The van der Waals surface area contributed by atoms with Crippen LogP contribution < -0.4 is 18.9 Å². The monoisotopic (exact) mass is 1340 g/mol. The Morgan fingerprint density at radius 3 is 0.870 bits per heavy atom. The topological polar surface area (TPSA) is 251 Å². The van der Waals surface area contributed by atoms with Gasteiger partial charge >= 0.3 is 23.9 Å². The summed E-state index contributed by atoms with van der Waals surface area (Å²) < 4.78 is 46.3. The van der Waals surface area contributed by atoms with E-state index in [4.69, 9.17) is 67.8 Å². The molecule has 506 valence electrons. The van der Waals surface area contributed by atoms with Crippen molar-refractivity contribution in [3.05, 3.63) is 170 Å². The largest absolute Gasteiger partial charge is 0.493 e. The molecule has 3 aromatic heterocycles. The summed E-state index contributed by atoms with van der Waals surface area (Å²) in [5, 5.41) is 2.94. The molecule has 0 saturated heterocycles. The molecule has 0 radical (unpaired) electrons. The smallest absolute Gasteiger partial charge is 0.305 e. The van der Waals surface area contributed by atoms with Crippen molar-refractivity contribution in [3.8, 4) is 113 Å². The second-order valence-corrected chi connectivity index (χ2v) is 23.7. The van der Waals surface area contributed by atoms with Crippen molar-refractivity contribution in [2.45, 2.75) is 79.1 Å². The van der Waals surface area contributed by atoms with Crippen LogP contribution in [0.3, 0.4) is 0 Å². The van der Waals surface area contributed by atoms with Crippen LogP contribution in [0.4, 0.5) is 0 Å². The van der Waals surface area contributed by atoms with Crippen molar-refractivity contribution in [2.24, 2.45) is 0 Å². The summed E-state index contributed by atoms with van der Waals surface area (Å²) >= 11 is 0. The molecule has 20 heteroatoms. The number of nitrogens with one attached hydrogen (secondary N) is 2. The Labute approximate surface area is 577 Å². The number of H-pyrrole nitrogens is 2. The van der Waals surface area contributed by atoms with Gasteiger partial charge in [-0.2, -0.15) is 0 Å². The van der Waals surface area contributed by atoms with Crippen LogP contribution in [-0.2, 0) is 38.1 Å². The third kappa shape index (κ3) is 15.0. The van der Waals surface area contributed by atoms with E-state index in [9.17, 15) is 19.2 Å². The van der Waals surface area contributed by atoms with Gasteiger partial charge in [-0.3, -0.25) is 19.2 Å². The number of carbonyl (C=O) groups is 4. The number of para-hydroxylation sites is 4. The number of carbonyl (C=O) groups excluding carboxylic acids is 4. The van der Waals surface area contributed by atoms with Crippen molar-refractivity contribution in [3.63, 3.8) is 0 Å². The van der Waals surface area contributed by atoms with E-state index in [1.165, 1.54) is 0 Å². The number of benzene rings is 8. The lowest BCUT2D eigenvalue weighted by Crippen LogP contribution is -2.07. The fourth-order valence-electron chi connectivity index (χ4n) is 12.3. The van der Waals surface area contributed by atoms with E-state index in [1.54, 1.807) is 27.7 Å². The first-order chi connectivity index (χ1) is 49.0. The molecule has 11 aromatic rings. The van der Waals surface area contributed by atoms with E-state index < -0.39 is 0 Å². The molecule has 0 amide bonds. The highest BCUT2D eigenvalue weighted by Gasteiger charge is 2.26. The fraction of sp³-hybridized carbons (Fsp3) is 0.250. The van der Waals surface area contributed by atoms with Crippen molar-refractivity contribution in [1.82, 2.24) is 39.9 Å². The van der Waals surface area contributed by atoms with Crippen LogP contribution >= 0.6 is 0 Å². The van der Waals surface area contributed by atoms with Crippen molar-refractivity contribution < 1.29 is 57.1 Å². The Morgan fingerprint density at radius 2 is 0.560 bits per heavy atom. The molecule has 0 fully saturated rings. The number of fused-ring (bicyclic) bond motifs is 20. The van der Waals surface area contributed by atoms with E-state index in [-0.39, 0.29) is 49.6 Å². The van der Waals surface area contributed by atoms with Gasteiger partial charge in [-0.05, 0) is 148 Å². The number of hydrogen-bond donors (Lipinski definition) is 2. The van der Waals surface area contributed by atoms with Gasteiger partial charge in [0.1, 0.15) is 45.6 Å². The van der Waals surface area contributed by atoms with E-state index in [1.807, 2.05) is 146 Å². The fourth-order valence-corrected chi connectivity index (χ4v) is 12.3. The molecular formula is C80H74N8O12. The standard InChI is InChI=1S/C80H74N8O12/c1-5-93-69(89)29-17-41-97-65-25-13-9-21-53(65)49-33-37-57-61(45-49)77-81-73(57)86-78-63-47-51(55-23-11-15-27-67(55)99-43-19-31-71(91)95-7-3)35-39-59(63)75(83-78)88-80-64-48-52(56-24-12-16-28-68(56)100-44-20-32-72(92)96-8-4)36-40-60(64)76(84-80)87-79-62-46-50(34-38-58(62)74(82-79)85-77)54-22-10-14-26-66(54)98-42-18-30-70(90)94-6-2/h9-16,21-28,33-40,45-48H,5-8,17-20,29-32,41-44H2,1-4H3,(H2,81,82,83,84,85,86,87,88). The lowest BCUT2D eigenvalue weighted by atomic mass is 9.98. The molecule has 8 bridgehead atoms. The molecule has 8 aromatic carbocycles. The van der Waals surface area contributed by atoms with Gasteiger partial charge < -0.3 is 47.9 Å². The molecule has 0 unspecified atom stereocenters. The van der Waals surface area contributed by atoms with Crippen molar-refractivity contribution in [2.75, 3.05) is 52.9 Å². The zero-order chi connectivity index (χ0) is 68.9. The molecule has 2 N–H and O–H groups in total. The normalized spacial score (nSPS) is 11.4. The quantitative estimate of drug-likeness (QED) is 0.0263. The third-order valence-corrected chi connectivity index (χ3v) is 17.0. The summed E-state index contributed by atoms with van der Waals surface area (Å²) in [6.07, 6.45) is 2.82. The Hall–Kier alpha value is -11.8. The molecule has 2 aliphatic heterocycles. The second kappa shape index (κ2) is 31.2. The predicted molar refractivity (Wildman–Crippen MR) is 383 cm³/mol. The number of aromatic amines is 2. The summed E-state index contributed by atoms with van der Waals surface area (Å²) in [6.45, 7) is 9.60. The summed E-state index contributed by atoms with van der Waals surface area (Å²) in [6, 6.07) is 55.5. The molecule has 0 atom stereocenters. The average Bonchev–Trinajstić information content (AvgIpc) is 1.59. The maximum Gasteiger partial charge on any atom is 0.305 e. The first-order valence-corrected chi connectivity index (χ1v) is 33.9. The highest BCUT2D eigenvalue weighted by Crippen LogP contribution is 2.44. The minimum Gasteiger partial charge on any atom is -0.493 e. The van der Waals surface area contributed by atoms with Crippen LogP contribution in [0.2, 0.25) is 0 Å². The van der Waals surface area contributed by atoms with Gasteiger partial charge in [0.05, 0.1) is 52.9 Å². The van der Waals surface area contributed by atoms with E-state index in [0.717, 1.165) is 66.1 Å². The predicted octanol–water partition coefficient (Wildman–Crippen LogP) is 16.4. The van der Waals surface area contributed by atoms with Crippen LogP contribution in [0.15, 0.2) is 170 Å². The number of ether oxygens (including phenoxy) is 8. The average molecular weight is 1340 g/mol. The third-order valence-electron chi connectivity index (χ3n) is 17.0. The highest BCUT2D eigenvalue weighted by molar-refractivity contribution is 6.09. The van der Waals surface area contributed by atoms with Crippen LogP contribution in [0.5, 0.6) is 23.0 Å². The summed E-state index contributed by atoms with van der Waals surface area (Å²) in [7, 11) is 0. The van der Waals surface area contributed by atoms with Gasteiger partial charge in [0.15, 0.2) is 23.3 Å². The number of nitrogens with zero attached hydrogens (tertiary/aromatic N) is 6. The summed E-state index contributed by atoms with van der Waals surface area (Å²) in [5.41, 5.74) is 11.3. The van der Waals surface area contributed by atoms with Crippen LogP contribution in [0.25, 0.3) is 134 Å². The summed E-state index contributed by atoms with van der Waals surface area (Å²) in [5.74, 6) is 2.99. The summed E-state index contributed by atoms with van der Waals surface area (Å²) in [4.78, 5) is 88.9. The molecule has 0 saturated carbocycles. The molecule has 0 aliphatic carbocycles. The van der Waals surface area contributed by atoms with E-state index in [2.05, 4.69) is 34.2 Å². The van der Waals surface area contributed by atoms with Crippen LogP contribution in [-0.4, -0.2) is 117 Å². The first-order valence-electron chi connectivity index (χ1n) is 33.9. The molecule has 20 nitrogen and oxygen atoms in total. The molecule has 2 aliphatic rings. The van der Waals surface area contributed by atoms with E-state index in [0.29, 0.717) is 170 Å². The van der Waals surface area contributed by atoms with Gasteiger partial charge in [-0.25, -0.2) is 29.9 Å². The lowest BCUT2D eigenvalue weighted by Gasteiger charge is -2.12. The Bertz CT molecular complexity index is 4750. The van der Waals surface area contributed by atoms with Gasteiger partial charge in [-0.1, -0.05) is 97.1 Å². The zero-order valence-corrected chi connectivity index (χ0v) is 56.1. The van der Waals surface area contributed by atoms with Crippen molar-refractivity contribution >= 4 is 68.0 Å². The SMILES string of the molecule is CCOC(=O)CCCOc1ccccc1-c1ccc2c(c1)-c1nc-2nc2[nH]c(nc3nc(nc4[nH]c(n1)c1ccc(-c5ccccc5OCCCC(=O)OCC)cc41)-c1ccc(-c4ccccc4OCCCC(=O)OCC)cc1-3)c1ccc(-c3ccccc3OCCCC(=O)OCC)cc21. The van der Waals surface area contributed by atoms with Gasteiger partial charge in [0.25, 0.3) is 0 Å². The Morgan fingerprint density at radius 1 is 0.290 bits per heavy atom. The zero-order valence-electron chi connectivity index (χ0n) is 56.1. The van der Waals surface area contributed by atoms with Crippen molar-refractivity contribution in [1.29, 1.82) is 0 Å². The van der Waals surface area contributed by atoms with E-state index >= 15 is 0 Å². The van der Waals surface area contributed by atoms with Gasteiger partial charge in [-0.15, -0.1) is 0 Å². The van der Waals surface area contributed by atoms with Crippen LogP contribution in [0.1, 0.15) is 79.1 Å². The van der Waals surface area contributed by atoms with Crippen LogP contribution in [0, 0.1) is 0 Å². The molecule has 5 heterocycles. The second-order valence-electron chi connectivity index (χ2n) is 23.7. The number of hydrogen-bond acceptors (Lipinski definition) is 18. The van der Waals surface area contributed by atoms with Gasteiger partial charge in [0.2, 0.25) is 0 Å². The van der Waals surface area contributed by atoms with Gasteiger partial charge in [0, 0.05) is 91.7 Å². The highest BCUT2D eigenvalue weighted by atomic mass is 16.5. The number of rotatable bonds is 28. The number of aromatic nitrogens is 8. The molecule has 0 spiro atoms. The molecular weight excluding hydrogens is 1260 g/mol. The molecule has 13 rings (SSSR count). The maximum atomic E-state index is 12.3.